The van der Waals surface area contributed by atoms with Crippen molar-refractivity contribution >= 4 is 55.0 Å². The normalized spacial score (nSPS) is 13.2. The third kappa shape index (κ3) is 5.71. The first-order valence-corrected chi connectivity index (χ1v) is 20.0. The minimum atomic E-state index is 0.732. The third-order valence-corrected chi connectivity index (χ3v) is 11.8. The Morgan fingerprint density at radius 1 is 0.379 bits per heavy atom. The number of nitrogens with zero attached hydrogens (tertiary/aromatic N) is 3. The quantitative estimate of drug-likeness (QED) is 0.168. The summed E-state index contributed by atoms with van der Waals surface area (Å²) in [6.07, 6.45) is 4.89. The van der Waals surface area contributed by atoms with Gasteiger partial charge in [0, 0.05) is 39.9 Å². The van der Waals surface area contributed by atoms with Crippen LogP contribution in [0.2, 0.25) is 0 Å². The van der Waals surface area contributed by atoms with Crippen LogP contribution < -0.4 is 0 Å². The van der Waals surface area contributed by atoms with Gasteiger partial charge in [0.2, 0.25) is 0 Å². The fourth-order valence-electron chi connectivity index (χ4n) is 8.99. The number of benzene rings is 8. The van der Waals surface area contributed by atoms with Gasteiger partial charge < -0.3 is 4.57 Å². The summed E-state index contributed by atoms with van der Waals surface area (Å²) < 4.78 is 4.74. The number of aromatic nitrogens is 2. The maximum absolute atomic E-state index is 5.14. The van der Waals surface area contributed by atoms with Crippen LogP contribution in [0.5, 0.6) is 0 Å². The van der Waals surface area contributed by atoms with Gasteiger partial charge in [0.25, 0.3) is 0 Å². The van der Waals surface area contributed by atoms with Crippen molar-refractivity contribution in [1.29, 1.82) is 0 Å². The van der Waals surface area contributed by atoms with Gasteiger partial charge >= 0.3 is 0 Å². The molecular weight excluding hydrogens is 703 g/mol. The Morgan fingerprint density at radius 3 is 1.52 bits per heavy atom. The lowest BCUT2D eigenvalue weighted by Gasteiger charge is -2.13. The van der Waals surface area contributed by atoms with Crippen LogP contribution in [0.1, 0.15) is 18.9 Å². The molecule has 3 heterocycles. The van der Waals surface area contributed by atoms with E-state index in [9.17, 15) is 0 Å². The van der Waals surface area contributed by atoms with Crippen molar-refractivity contribution in [3.05, 3.63) is 218 Å². The van der Waals surface area contributed by atoms with E-state index in [1.54, 1.807) is 0 Å². The molecule has 10 aromatic rings. The fourth-order valence-corrected chi connectivity index (χ4v) is 8.99. The molecule has 0 radical (unpaired) electrons. The molecule has 274 valence electrons. The Labute approximate surface area is 337 Å². The smallest absolute Gasteiger partial charge is 0.117 e. The van der Waals surface area contributed by atoms with E-state index in [1.807, 2.05) is 6.20 Å². The molecule has 0 saturated carbocycles. The highest BCUT2D eigenvalue weighted by Gasteiger charge is 2.19. The highest BCUT2D eigenvalue weighted by atomic mass is 15.1. The summed E-state index contributed by atoms with van der Waals surface area (Å²) in [5.74, 6) is 1.02. The Balaban J connectivity index is 0.948. The molecule has 58 heavy (non-hydrogen) atoms. The molecule has 0 aliphatic carbocycles. The van der Waals surface area contributed by atoms with E-state index in [2.05, 4.69) is 216 Å². The summed E-state index contributed by atoms with van der Waals surface area (Å²) in [5, 5.41) is 4.96. The minimum Gasteiger partial charge on any atom is -0.309 e. The zero-order chi connectivity index (χ0) is 38.6. The van der Waals surface area contributed by atoms with Gasteiger partial charge in [-0.2, -0.15) is 0 Å². The van der Waals surface area contributed by atoms with E-state index < -0.39 is 0 Å². The van der Waals surface area contributed by atoms with Crippen molar-refractivity contribution in [3.8, 4) is 39.1 Å². The van der Waals surface area contributed by atoms with Crippen LogP contribution in [0.4, 0.5) is 0 Å². The molecule has 2 aromatic heterocycles. The van der Waals surface area contributed by atoms with Gasteiger partial charge in [0.05, 0.1) is 22.1 Å². The molecule has 0 fully saturated rings. The highest BCUT2D eigenvalue weighted by molar-refractivity contribution is 6.16. The highest BCUT2D eigenvalue weighted by Crippen LogP contribution is 2.38. The number of allylic oxidation sites excluding steroid dienone is 3. The van der Waals surface area contributed by atoms with Gasteiger partial charge in [0.1, 0.15) is 5.84 Å². The predicted octanol–water partition coefficient (Wildman–Crippen LogP) is 14.5. The molecule has 0 atom stereocenters. The molecule has 3 heteroatoms. The van der Waals surface area contributed by atoms with Crippen LogP contribution in [-0.2, 0) is 0 Å². The van der Waals surface area contributed by atoms with E-state index in [4.69, 9.17) is 4.99 Å². The molecule has 0 amide bonds. The Kier molecular flexibility index (Phi) is 8.11. The van der Waals surface area contributed by atoms with Gasteiger partial charge in [-0.15, -0.1) is 0 Å². The fraction of sp³-hybridized carbons (Fsp3) is 0.0364. The van der Waals surface area contributed by atoms with Crippen LogP contribution in [0.15, 0.2) is 217 Å². The van der Waals surface area contributed by atoms with E-state index in [-0.39, 0.29) is 0 Å². The number of aliphatic imine (C=N–C) groups is 1. The number of hydrogen-bond donors (Lipinski definition) is 0. The van der Waals surface area contributed by atoms with Gasteiger partial charge in [-0.05, 0) is 112 Å². The first kappa shape index (κ1) is 33.8. The molecule has 8 aromatic carbocycles. The van der Waals surface area contributed by atoms with Crippen LogP contribution >= 0.6 is 0 Å². The van der Waals surface area contributed by atoms with Crippen molar-refractivity contribution in [1.82, 2.24) is 9.13 Å². The van der Waals surface area contributed by atoms with E-state index in [1.165, 1.54) is 93.9 Å². The molecule has 0 spiro atoms. The molecule has 0 bridgehead atoms. The summed E-state index contributed by atoms with van der Waals surface area (Å²) in [6, 6.07) is 70.3. The Bertz CT molecular complexity index is 3280. The molecule has 1 aliphatic rings. The first-order chi connectivity index (χ1) is 28.7. The van der Waals surface area contributed by atoms with Crippen molar-refractivity contribution in [2.45, 2.75) is 13.3 Å². The number of rotatable bonds is 5. The topological polar surface area (TPSA) is 22.2 Å². The Morgan fingerprint density at radius 2 is 0.845 bits per heavy atom. The molecule has 0 saturated heterocycles. The minimum absolute atomic E-state index is 0.732. The summed E-state index contributed by atoms with van der Waals surface area (Å²) in [6.45, 7) is 2.25. The van der Waals surface area contributed by atoms with E-state index >= 15 is 0 Å². The first-order valence-electron chi connectivity index (χ1n) is 20.0. The SMILES string of the molecule is CC1=C(c2cccc(-c3ccc(-c4ccccc4)cc3)c2)C=CN=C(n2c3ccccc3c3cc(-c4ccc5c(c4)c4ccccc4n5-c4ccccc4)ccc32)C1. The van der Waals surface area contributed by atoms with Crippen molar-refractivity contribution < 1.29 is 0 Å². The summed E-state index contributed by atoms with van der Waals surface area (Å²) in [4.78, 5) is 5.14. The zero-order valence-electron chi connectivity index (χ0n) is 32.2. The van der Waals surface area contributed by atoms with E-state index in [0.717, 1.165) is 17.8 Å². The van der Waals surface area contributed by atoms with E-state index in [0.29, 0.717) is 0 Å². The lowest BCUT2D eigenvalue weighted by Crippen LogP contribution is -2.11. The van der Waals surface area contributed by atoms with Crippen LogP contribution in [-0.4, -0.2) is 15.0 Å². The molecule has 0 unspecified atom stereocenters. The van der Waals surface area contributed by atoms with Gasteiger partial charge in [0.15, 0.2) is 0 Å². The average Bonchev–Trinajstić information content (AvgIpc) is 3.72. The molecule has 3 nitrogen and oxygen atoms in total. The lowest BCUT2D eigenvalue weighted by molar-refractivity contribution is 1.14. The maximum Gasteiger partial charge on any atom is 0.117 e. The largest absolute Gasteiger partial charge is 0.309 e. The molecular formula is C55H39N3. The zero-order valence-corrected chi connectivity index (χ0v) is 32.2. The second kappa shape index (κ2) is 13.9. The predicted molar refractivity (Wildman–Crippen MR) is 246 cm³/mol. The summed E-state index contributed by atoms with van der Waals surface area (Å²) in [5.41, 5.74) is 16.9. The Hall–Kier alpha value is -7.49. The van der Waals surface area contributed by atoms with Crippen LogP contribution in [0.3, 0.4) is 0 Å². The van der Waals surface area contributed by atoms with Gasteiger partial charge in [-0.3, -0.25) is 4.57 Å². The molecule has 0 N–H and O–H groups in total. The van der Waals surface area contributed by atoms with Crippen molar-refractivity contribution in [3.63, 3.8) is 0 Å². The van der Waals surface area contributed by atoms with Crippen molar-refractivity contribution in [2.75, 3.05) is 0 Å². The average molecular weight is 742 g/mol. The monoisotopic (exact) mass is 741 g/mol. The number of fused-ring (bicyclic) bond motifs is 6. The number of hydrogen-bond acceptors (Lipinski definition) is 1. The summed E-state index contributed by atoms with van der Waals surface area (Å²) in [7, 11) is 0. The van der Waals surface area contributed by atoms with Gasteiger partial charge in [-0.25, -0.2) is 4.99 Å². The van der Waals surface area contributed by atoms with Crippen molar-refractivity contribution in [2.24, 2.45) is 4.99 Å². The van der Waals surface area contributed by atoms with Gasteiger partial charge in [-0.1, -0.05) is 145 Å². The summed E-state index contributed by atoms with van der Waals surface area (Å²) >= 11 is 0. The molecule has 1 aliphatic heterocycles. The maximum atomic E-state index is 5.14. The third-order valence-electron chi connectivity index (χ3n) is 11.8. The second-order valence-corrected chi connectivity index (χ2v) is 15.3. The molecule has 11 rings (SSSR count). The van der Waals surface area contributed by atoms with Crippen LogP contribution in [0, 0.1) is 0 Å². The standard InChI is InChI=1S/C55H39N3/c1-37-33-55(56-32-31-46(37)44-16-12-15-41(34-44)40-25-23-39(24-26-40)38-13-4-2-5-14-38)58-52-22-11-9-20-48(52)50-36-43(28-30-54(50)58)42-27-29-53-49(35-42)47-19-8-10-21-51(47)57(53)45-17-6-3-7-18-45/h2-32,34-36H,33H2,1H3. The number of para-hydroxylation sites is 3. The van der Waals surface area contributed by atoms with Crippen LogP contribution in [0.25, 0.3) is 88.3 Å². The lowest BCUT2D eigenvalue weighted by atomic mass is 9.94. The second-order valence-electron chi connectivity index (χ2n) is 15.3.